The van der Waals surface area contributed by atoms with Gasteiger partial charge in [0.1, 0.15) is 5.69 Å². The Balaban J connectivity index is 1.85. The van der Waals surface area contributed by atoms with E-state index in [0.29, 0.717) is 12.0 Å². The average molecular weight is 410 g/mol. The number of nitrogens with zero attached hydrogens (tertiary/aromatic N) is 3. The first-order valence-electron chi connectivity index (χ1n) is 10.7. The summed E-state index contributed by atoms with van der Waals surface area (Å²) in [7, 11) is 1.87. The molecule has 156 valence electrons. The van der Waals surface area contributed by atoms with Crippen LogP contribution in [0.25, 0.3) is 16.9 Å². The molecule has 0 unspecified atom stereocenters. The molecule has 0 aliphatic heterocycles. The zero-order valence-electron chi connectivity index (χ0n) is 18.2. The molecule has 4 aromatic rings. The molecule has 0 fully saturated rings. The van der Waals surface area contributed by atoms with Gasteiger partial charge in [0.2, 0.25) is 0 Å². The first kappa shape index (κ1) is 20.6. The van der Waals surface area contributed by atoms with Crippen LogP contribution < -0.4 is 0 Å². The average Bonchev–Trinajstić information content (AvgIpc) is 3.24. The van der Waals surface area contributed by atoms with Crippen LogP contribution in [-0.2, 0) is 6.42 Å². The maximum absolute atomic E-state index is 13.9. The number of benzene rings is 3. The van der Waals surface area contributed by atoms with Crippen molar-refractivity contribution in [1.82, 2.24) is 14.7 Å². The lowest BCUT2D eigenvalue weighted by Crippen LogP contribution is -2.30. The summed E-state index contributed by atoms with van der Waals surface area (Å²) < 4.78 is 1.91. The zero-order valence-corrected chi connectivity index (χ0v) is 18.2. The largest absolute Gasteiger partial charge is 0.335 e. The SMILES string of the molecule is CCc1c(C(=O)N(C)[C@H](C)c2ccccc2)c(-c2ccccc2)nn1-c1ccccc1. The Morgan fingerprint density at radius 2 is 1.45 bits per heavy atom. The monoisotopic (exact) mass is 409 g/mol. The predicted molar refractivity (Wildman–Crippen MR) is 125 cm³/mol. The van der Waals surface area contributed by atoms with Crippen LogP contribution in [0.4, 0.5) is 0 Å². The van der Waals surface area contributed by atoms with Gasteiger partial charge in [0.05, 0.1) is 23.0 Å². The van der Waals surface area contributed by atoms with Crippen molar-refractivity contribution in [2.75, 3.05) is 7.05 Å². The highest BCUT2D eigenvalue weighted by atomic mass is 16.2. The van der Waals surface area contributed by atoms with Gasteiger partial charge in [-0.25, -0.2) is 4.68 Å². The number of aromatic nitrogens is 2. The first-order valence-corrected chi connectivity index (χ1v) is 10.7. The van der Waals surface area contributed by atoms with Gasteiger partial charge in [-0.2, -0.15) is 5.10 Å². The van der Waals surface area contributed by atoms with E-state index in [4.69, 9.17) is 5.10 Å². The van der Waals surface area contributed by atoms with Crippen molar-refractivity contribution in [1.29, 1.82) is 0 Å². The molecule has 0 saturated heterocycles. The van der Waals surface area contributed by atoms with Crippen LogP contribution in [0.5, 0.6) is 0 Å². The van der Waals surface area contributed by atoms with Crippen LogP contribution in [-0.4, -0.2) is 27.6 Å². The Morgan fingerprint density at radius 1 is 0.903 bits per heavy atom. The third-order valence-corrected chi connectivity index (χ3v) is 5.76. The van der Waals surface area contributed by atoms with Crippen LogP contribution in [0.3, 0.4) is 0 Å². The van der Waals surface area contributed by atoms with Gasteiger partial charge >= 0.3 is 0 Å². The van der Waals surface area contributed by atoms with Crippen molar-refractivity contribution in [2.45, 2.75) is 26.3 Å². The number of rotatable bonds is 6. The fraction of sp³-hybridized carbons (Fsp3) is 0.185. The summed E-state index contributed by atoms with van der Waals surface area (Å²) in [5.41, 5.74) is 5.31. The molecule has 1 aromatic heterocycles. The lowest BCUT2D eigenvalue weighted by molar-refractivity contribution is 0.0742. The molecule has 1 amide bonds. The lowest BCUT2D eigenvalue weighted by Gasteiger charge is -2.26. The highest BCUT2D eigenvalue weighted by Gasteiger charge is 2.29. The van der Waals surface area contributed by atoms with Gasteiger partial charge < -0.3 is 4.90 Å². The molecule has 1 atom stereocenters. The minimum absolute atomic E-state index is 0.0192. The number of para-hydroxylation sites is 1. The van der Waals surface area contributed by atoms with E-state index < -0.39 is 0 Å². The highest BCUT2D eigenvalue weighted by Crippen LogP contribution is 2.31. The Bertz CT molecular complexity index is 1150. The van der Waals surface area contributed by atoms with E-state index >= 15 is 0 Å². The minimum Gasteiger partial charge on any atom is -0.335 e. The van der Waals surface area contributed by atoms with Gasteiger partial charge in [-0.15, -0.1) is 0 Å². The molecular formula is C27H27N3O. The van der Waals surface area contributed by atoms with Crippen molar-refractivity contribution in [2.24, 2.45) is 0 Å². The van der Waals surface area contributed by atoms with E-state index in [2.05, 4.69) is 26.0 Å². The normalized spacial score (nSPS) is 11.8. The zero-order chi connectivity index (χ0) is 21.8. The summed E-state index contributed by atoms with van der Waals surface area (Å²) >= 11 is 0. The minimum atomic E-state index is -0.0536. The van der Waals surface area contributed by atoms with Crippen molar-refractivity contribution < 1.29 is 4.79 Å². The highest BCUT2D eigenvalue weighted by molar-refractivity contribution is 6.01. The van der Waals surface area contributed by atoms with Gasteiger partial charge in [-0.3, -0.25) is 4.79 Å². The summed E-state index contributed by atoms with van der Waals surface area (Å²) in [5, 5.41) is 4.93. The van der Waals surface area contributed by atoms with Gasteiger partial charge in [0, 0.05) is 12.6 Å². The lowest BCUT2D eigenvalue weighted by atomic mass is 10.0. The summed E-state index contributed by atoms with van der Waals surface area (Å²) in [6.07, 6.45) is 0.698. The molecule has 4 rings (SSSR count). The molecule has 0 bridgehead atoms. The van der Waals surface area contributed by atoms with Gasteiger partial charge in [-0.1, -0.05) is 85.8 Å². The van der Waals surface area contributed by atoms with Gasteiger partial charge in [-0.05, 0) is 31.0 Å². The quantitative estimate of drug-likeness (QED) is 0.395. The van der Waals surface area contributed by atoms with Gasteiger partial charge in [0.15, 0.2) is 0 Å². The summed E-state index contributed by atoms with van der Waals surface area (Å²) in [6.45, 7) is 4.13. The van der Waals surface area contributed by atoms with Crippen LogP contribution in [0.15, 0.2) is 91.0 Å². The fourth-order valence-corrected chi connectivity index (χ4v) is 3.89. The molecule has 0 aliphatic carbocycles. The van der Waals surface area contributed by atoms with E-state index in [1.54, 1.807) is 0 Å². The molecule has 1 heterocycles. The Morgan fingerprint density at radius 3 is 2.03 bits per heavy atom. The summed E-state index contributed by atoms with van der Waals surface area (Å²) in [4.78, 5) is 15.7. The second-order valence-corrected chi connectivity index (χ2v) is 7.64. The topological polar surface area (TPSA) is 38.1 Å². The standard InChI is InChI=1S/C27H27N3O/c1-4-24-25(27(31)29(3)20(2)21-14-8-5-9-15-21)26(22-16-10-6-11-17-22)28-30(24)23-18-12-7-13-19-23/h5-20H,4H2,1-3H3/t20-/m1/s1. The van der Waals surface area contributed by atoms with E-state index in [1.807, 2.05) is 95.5 Å². The first-order chi connectivity index (χ1) is 15.1. The van der Waals surface area contributed by atoms with Crippen molar-refractivity contribution >= 4 is 5.91 Å². The molecule has 0 aliphatic rings. The van der Waals surface area contributed by atoms with Crippen LogP contribution in [0.2, 0.25) is 0 Å². The second-order valence-electron chi connectivity index (χ2n) is 7.64. The van der Waals surface area contributed by atoms with Crippen LogP contribution in [0, 0.1) is 0 Å². The second kappa shape index (κ2) is 9.00. The molecular weight excluding hydrogens is 382 g/mol. The van der Waals surface area contributed by atoms with Crippen molar-refractivity contribution in [3.63, 3.8) is 0 Å². The van der Waals surface area contributed by atoms with E-state index in [1.165, 1.54) is 0 Å². The number of hydrogen-bond donors (Lipinski definition) is 0. The summed E-state index contributed by atoms with van der Waals surface area (Å²) in [6, 6.07) is 30.0. The fourth-order valence-electron chi connectivity index (χ4n) is 3.89. The van der Waals surface area contributed by atoms with Gasteiger partial charge in [0.25, 0.3) is 5.91 Å². The van der Waals surface area contributed by atoms with E-state index in [-0.39, 0.29) is 11.9 Å². The van der Waals surface area contributed by atoms with Crippen molar-refractivity contribution in [3.8, 4) is 16.9 Å². The Kier molecular flexibility index (Phi) is 5.99. The summed E-state index contributed by atoms with van der Waals surface area (Å²) in [5.74, 6) is -0.0192. The number of hydrogen-bond acceptors (Lipinski definition) is 2. The molecule has 3 aromatic carbocycles. The molecule has 0 N–H and O–H groups in total. The van der Waals surface area contributed by atoms with E-state index in [9.17, 15) is 4.79 Å². The number of carbonyl (C=O) groups excluding carboxylic acids is 1. The molecule has 0 spiro atoms. The third kappa shape index (κ3) is 4.02. The maximum Gasteiger partial charge on any atom is 0.258 e. The Hall–Kier alpha value is -3.66. The van der Waals surface area contributed by atoms with E-state index in [0.717, 1.165) is 28.2 Å². The molecule has 4 heteroatoms. The molecule has 4 nitrogen and oxygen atoms in total. The molecule has 0 radical (unpaired) electrons. The predicted octanol–water partition coefficient (Wildman–Crippen LogP) is 5.93. The third-order valence-electron chi connectivity index (χ3n) is 5.76. The number of carbonyl (C=O) groups is 1. The van der Waals surface area contributed by atoms with Crippen molar-refractivity contribution in [3.05, 3.63) is 108 Å². The number of amides is 1. The molecule has 31 heavy (non-hydrogen) atoms. The maximum atomic E-state index is 13.9. The smallest absolute Gasteiger partial charge is 0.258 e. The molecule has 0 saturated carbocycles. The van der Waals surface area contributed by atoms with Crippen LogP contribution >= 0.6 is 0 Å². The van der Waals surface area contributed by atoms with Crippen LogP contribution in [0.1, 0.15) is 41.5 Å². The Labute approximate surface area is 183 Å².